The number of rotatable bonds is 8. The minimum Gasteiger partial charge on any atom is -0.399 e. The van der Waals surface area contributed by atoms with Crippen LogP contribution in [0.5, 0.6) is 0 Å². The average Bonchev–Trinajstić information content (AvgIpc) is 2.38. The highest BCUT2D eigenvalue weighted by molar-refractivity contribution is 8.00. The van der Waals surface area contributed by atoms with Gasteiger partial charge in [0.1, 0.15) is 0 Å². The van der Waals surface area contributed by atoms with Crippen LogP contribution in [0.2, 0.25) is 0 Å². The molecule has 0 radical (unpaired) electrons. The van der Waals surface area contributed by atoms with E-state index >= 15 is 0 Å². The number of nitrogens with one attached hydrogen (secondary N) is 2. The van der Waals surface area contributed by atoms with Gasteiger partial charge in [-0.25, -0.2) is 13.1 Å². The summed E-state index contributed by atoms with van der Waals surface area (Å²) in [6, 6.07) is 7.21. The van der Waals surface area contributed by atoms with Crippen molar-refractivity contribution in [3.8, 4) is 0 Å². The van der Waals surface area contributed by atoms with Crippen molar-refractivity contribution in [3.05, 3.63) is 24.3 Å². The standard InChI is InChI=1S/C13H21N3O3S2/c1-10(2)16-13(17)9-15-21(18,19)8-7-20-12-5-3-11(14)4-6-12/h3-6,10,15H,7-9,14H2,1-2H3,(H,16,17). The quantitative estimate of drug-likeness (QED) is 0.483. The summed E-state index contributed by atoms with van der Waals surface area (Å²) in [6.07, 6.45) is 0. The Morgan fingerprint density at radius 1 is 1.29 bits per heavy atom. The molecule has 0 atom stereocenters. The third-order valence-electron chi connectivity index (χ3n) is 2.40. The Labute approximate surface area is 129 Å². The predicted octanol–water partition coefficient (Wildman–Crippen LogP) is 0.805. The molecule has 1 aromatic carbocycles. The number of amides is 1. The topological polar surface area (TPSA) is 101 Å². The molecule has 21 heavy (non-hydrogen) atoms. The molecule has 6 nitrogen and oxygen atoms in total. The first-order valence-corrected chi connectivity index (χ1v) is 9.17. The van der Waals surface area contributed by atoms with Crippen molar-refractivity contribution in [2.24, 2.45) is 0 Å². The molecule has 0 aliphatic carbocycles. The normalized spacial score (nSPS) is 11.6. The van der Waals surface area contributed by atoms with Crippen LogP contribution >= 0.6 is 11.8 Å². The zero-order valence-corrected chi connectivity index (χ0v) is 13.8. The maximum atomic E-state index is 11.7. The van der Waals surface area contributed by atoms with E-state index in [2.05, 4.69) is 10.0 Å². The zero-order chi connectivity index (χ0) is 15.9. The van der Waals surface area contributed by atoms with Crippen LogP contribution in [-0.4, -0.2) is 38.4 Å². The third kappa shape index (κ3) is 7.93. The Morgan fingerprint density at radius 3 is 2.48 bits per heavy atom. The second kappa shape index (κ2) is 8.26. The van der Waals surface area contributed by atoms with Gasteiger partial charge in [-0.05, 0) is 38.1 Å². The van der Waals surface area contributed by atoms with Crippen LogP contribution in [0.1, 0.15) is 13.8 Å². The number of hydrogen-bond donors (Lipinski definition) is 3. The van der Waals surface area contributed by atoms with Crippen molar-refractivity contribution in [1.29, 1.82) is 0 Å². The van der Waals surface area contributed by atoms with Crippen LogP contribution in [0, 0.1) is 0 Å². The molecule has 0 unspecified atom stereocenters. The van der Waals surface area contributed by atoms with E-state index in [1.165, 1.54) is 11.8 Å². The molecule has 0 saturated heterocycles. The molecule has 1 rings (SSSR count). The van der Waals surface area contributed by atoms with E-state index in [0.717, 1.165) is 4.90 Å². The van der Waals surface area contributed by atoms with Gasteiger partial charge in [0.15, 0.2) is 0 Å². The van der Waals surface area contributed by atoms with Crippen LogP contribution in [0.25, 0.3) is 0 Å². The van der Waals surface area contributed by atoms with Crippen molar-refractivity contribution in [2.45, 2.75) is 24.8 Å². The highest BCUT2D eigenvalue weighted by atomic mass is 32.2. The lowest BCUT2D eigenvalue weighted by Gasteiger charge is -2.09. The number of nitrogens with two attached hydrogens (primary N) is 1. The van der Waals surface area contributed by atoms with Gasteiger partial charge in [0.05, 0.1) is 12.3 Å². The molecule has 4 N–H and O–H groups in total. The smallest absolute Gasteiger partial charge is 0.235 e. The lowest BCUT2D eigenvalue weighted by Crippen LogP contribution is -2.40. The van der Waals surface area contributed by atoms with Gasteiger partial charge in [-0.2, -0.15) is 0 Å². The lowest BCUT2D eigenvalue weighted by atomic mass is 10.3. The Bertz CT molecular complexity index is 557. The van der Waals surface area contributed by atoms with Gasteiger partial charge < -0.3 is 11.1 Å². The Kier molecular flexibility index (Phi) is 7.00. The summed E-state index contributed by atoms with van der Waals surface area (Å²) in [4.78, 5) is 12.3. The highest BCUT2D eigenvalue weighted by Gasteiger charge is 2.12. The third-order valence-corrected chi connectivity index (χ3v) is 5.00. The molecule has 0 heterocycles. The van der Waals surface area contributed by atoms with Gasteiger partial charge in [0, 0.05) is 22.4 Å². The highest BCUT2D eigenvalue weighted by Crippen LogP contribution is 2.19. The first-order valence-electron chi connectivity index (χ1n) is 6.53. The van der Waals surface area contributed by atoms with E-state index < -0.39 is 10.0 Å². The Balaban J connectivity index is 2.32. The molecule has 118 valence electrons. The fourth-order valence-corrected chi connectivity index (χ4v) is 3.72. The minimum atomic E-state index is -3.45. The van der Waals surface area contributed by atoms with Gasteiger partial charge >= 0.3 is 0 Å². The Morgan fingerprint density at radius 2 is 1.90 bits per heavy atom. The number of benzene rings is 1. The number of carbonyl (C=O) groups excluding carboxylic acids is 1. The number of thioether (sulfide) groups is 1. The summed E-state index contributed by atoms with van der Waals surface area (Å²) >= 11 is 1.43. The van der Waals surface area contributed by atoms with Crippen molar-refractivity contribution in [1.82, 2.24) is 10.0 Å². The van der Waals surface area contributed by atoms with E-state index in [0.29, 0.717) is 11.4 Å². The summed E-state index contributed by atoms with van der Waals surface area (Å²) in [7, 11) is -3.45. The van der Waals surface area contributed by atoms with Crippen LogP contribution in [0.3, 0.4) is 0 Å². The maximum Gasteiger partial charge on any atom is 0.235 e. The van der Waals surface area contributed by atoms with Crippen molar-refractivity contribution < 1.29 is 13.2 Å². The maximum absolute atomic E-state index is 11.7. The van der Waals surface area contributed by atoms with Crippen LogP contribution in [0.4, 0.5) is 5.69 Å². The van der Waals surface area contributed by atoms with Crippen LogP contribution in [0.15, 0.2) is 29.2 Å². The van der Waals surface area contributed by atoms with E-state index in [4.69, 9.17) is 5.73 Å². The first kappa shape index (κ1) is 17.8. The molecule has 0 aromatic heterocycles. The van der Waals surface area contributed by atoms with Crippen molar-refractivity contribution >= 4 is 33.4 Å². The molecule has 0 spiro atoms. The van der Waals surface area contributed by atoms with Gasteiger partial charge in [-0.1, -0.05) is 0 Å². The van der Waals surface area contributed by atoms with Gasteiger partial charge in [-0.15, -0.1) is 11.8 Å². The zero-order valence-electron chi connectivity index (χ0n) is 12.1. The summed E-state index contributed by atoms with van der Waals surface area (Å²) in [5.41, 5.74) is 6.24. The largest absolute Gasteiger partial charge is 0.399 e. The second-order valence-corrected chi connectivity index (χ2v) is 7.87. The number of hydrogen-bond acceptors (Lipinski definition) is 5. The molecule has 0 saturated carbocycles. The van der Waals surface area contributed by atoms with Gasteiger partial charge in [0.25, 0.3) is 0 Å². The monoisotopic (exact) mass is 331 g/mol. The number of carbonyl (C=O) groups is 1. The summed E-state index contributed by atoms with van der Waals surface area (Å²) in [5, 5.41) is 2.62. The fraction of sp³-hybridized carbons (Fsp3) is 0.462. The minimum absolute atomic E-state index is 0.0110. The average molecular weight is 331 g/mol. The molecule has 8 heteroatoms. The van der Waals surface area contributed by atoms with Gasteiger partial charge in [-0.3, -0.25) is 4.79 Å². The Hall–Kier alpha value is -1.25. The summed E-state index contributed by atoms with van der Waals surface area (Å²) in [5.74, 6) is 0.0296. The first-order chi connectivity index (χ1) is 9.78. The van der Waals surface area contributed by atoms with E-state index in [1.807, 2.05) is 26.0 Å². The molecule has 0 bridgehead atoms. The van der Waals surface area contributed by atoms with E-state index in [9.17, 15) is 13.2 Å². The van der Waals surface area contributed by atoms with E-state index in [1.54, 1.807) is 12.1 Å². The van der Waals surface area contributed by atoms with Crippen LogP contribution < -0.4 is 15.8 Å². The SMILES string of the molecule is CC(C)NC(=O)CNS(=O)(=O)CCSc1ccc(N)cc1. The summed E-state index contributed by atoms with van der Waals surface area (Å²) in [6.45, 7) is 3.40. The number of sulfonamides is 1. The predicted molar refractivity (Wildman–Crippen MR) is 86.6 cm³/mol. The lowest BCUT2D eigenvalue weighted by molar-refractivity contribution is -0.120. The summed E-state index contributed by atoms with van der Waals surface area (Å²) < 4.78 is 25.8. The molecule has 1 amide bonds. The molecule has 0 aliphatic heterocycles. The number of nitrogen functional groups attached to an aromatic ring is 1. The second-order valence-electron chi connectivity index (χ2n) is 4.78. The van der Waals surface area contributed by atoms with Gasteiger partial charge in [0.2, 0.25) is 15.9 Å². The number of anilines is 1. The molecular formula is C13H21N3O3S2. The van der Waals surface area contributed by atoms with Crippen LogP contribution in [-0.2, 0) is 14.8 Å². The fourth-order valence-electron chi connectivity index (χ4n) is 1.45. The molecule has 1 aromatic rings. The van der Waals surface area contributed by atoms with E-state index in [-0.39, 0.29) is 24.2 Å². The molecule has 0 aliphatic rings. The molecular weight excluding hydrogens is 310 g/mol. The molecule has 0 fully saturated rings. The van der Waals surface area contributed by atoms with Crippen molar-refractivity contribution in [3.63, 3.8) is 0 Å². The van der Waals surface area contributed by atoms with Crippen molar-refractivity contribution in [2.75, 3.05) is 23.8 Å².